The molecule has 1 unspecified atom stereocenters. The molecule has 1 heterocycles. The Morgan fingerprint density at radius 1 is 1.30 bits per heavy atom. The van der Waals surface area contributed by atoms with E-state index in [0.717, 1.165) is 24.7 Å². The molecule has 1 aliphatic rings. The van der Waals surface area contributed by atoms with Crippen LogP contribution in [0.2, 0.25) is 0 Å². The van der Waals surface area contributed by atoms with Crippen LogP contribution in [0.15, 0.2) is 0 Å². The van der Waals surface area contributed by atoms with Gasteiger partial charge in [-0.3, -0.25) is 0 Å². The van der Waals surface area contributed by atoms with Crippen molar-refractivity contribution >= 4 is 22.0 Å². The standard InChI is InChI=1S/C16H30BrNO2/c1-14(2,3)20-13(19)18-11-15(4,5)9-8-12(18)16(6,7)10-17/h12H,8-11H2,1-7H3. The van der Waals surface area contributed by atoms with Crippen molar-refractivity contribution in [2.45, 2.75) is 73.0 Å². The van der Waals surface area contributed by atoms with E-state index in [0.29, 0.717) is 0 Å². The zero-order valence-corrected chi connectivity index (χ0v) is 15.6. The number of likely N-dealkylation sites (tertiary alicyclic amines) is 1. The zero-order chi connectivity index (χ0) is 15.8. The Bertz CT molecular complexity index is 358. The van der Waals surface area contributed by atoms with Crippen LogP contribution in [0.4, 0.5) is 4.79 Å². The second kappa shape index (κ2) is 5.86. The highest BCUT2D eigenvalue weighted by Gasteiger charge is 2.43. The summed E-state index contributed by atoms with van der Waals surface area (Å²) in [6.45, 7) is 15.4. The van der Waals surface area contributed by atoms with E-state index < -0.39 is 5.60 Å². The molecule has 3 nitrogen and oxygen atoms in total. The molecule has 0 aromatic heterocycles. The van der Waals surface area contributed by atoms with Crippen LogP contribution in [0.1, 0.15) is 61.3 Å². The Labute approximate surface area is 132 Å². The lowest BCUT2D eigenvalue weighted by Crippen LogP contribution is -2.56. The maximum atomic E-state index is 12.6. The molecule has 0 saturated carbocycles. The first-order valence-corrected chi connectivity index (χ1v) is 8.56. The van der Waals surface area contributed by atoms with Crippen LogP contribution in [0.25, 0.3) is 0 Å². The number of amides is 1. The highest BCUT2D eigenvalue weighted by Crippen LogP contribution is 2.40. The molecule has 0 bridgehead atoms. The van der Waals surface area contributed by atoms with E-state index in [2.05, 4.69) is 43.6 Å². The summed E-state index contributed by atoms with van der Waals surface area (Å²) in [5, 5.41) is 0.879. The lowest BCUT2D eigenvalue weighted by atomic mass is 9.74. The van der Waals surface area contributed by atoms with Crippen molar-refractivity contribution in [1.29, 1.82) is 0 Å². The van der Waals surface area contributed by atoms with E-state index in [1.165, 1.54) is 0 Å². The molecule has 118 valence electrons. The van der Waals surface area contributed by atoms with E-state index >= 15 is 0 Å². The highest BCUT2D eigenvalue weighted by molar-refractivity contribution is 9.09. The van der Waals surface area contributed by atoms with Crippen LogP contribution in [-0.2, 0) is 4.74 Å². The molecule has 1 atom stereocenters. The maximum absolute atomic E-state index is 12.6. The second-order valence-electron chi connectivity index (χ2n) is 8.45. The lowest BCUT2D eigenvalue weighted by Gasteiger charge is -2.49. The summed E-state index contributed by atoms with van der Waals surface area (Å²) in [5.41, 5.74) is -0.231. The third-order valence-corrected chi connectivity index (χ3v) is 5.39. The molecule has 20 heavy (non-hydrogen) atoms. The first-order valence-electron chi connectivity index (χ1n) is 7.44. The third-order valence-electron chi connectivity index (χ3n) is 3.94. The van der Waals surface area contributed by atoms with Gasteiger partial charge in [-0.2, -0.15) is 0 Å². The summed E-state index contributed by atoms with van der Waals surface area (Å²) in [6.07, 6.45) is 2.00. The minimum atomic E-state index is -0.443. The number of carbonyl (C=O) groups excluding carboxylic acids is 1. The molecule has 1 aliphatic heterocycles. The molecule has 0 aromatic carbocycles. The molecule has 1 saturated heterocycles. The third kappa shape index (κ3) is 4.64. The molecule has 0 N–H and O–H groups in total. The van der Waals surface area contributed by atoms with E-state index in [1.807, 2.05) is 25.7 Å². The van der Waals surface area contributed by atoms with Crippen molar-refractivity contribution in [3.63, 3.8) is 0 Å². The van der Waals surface area contributed by atoms with Crippen LogP contribution >= 0.6 is 15.9 Å². The zero-order valence-electron chi connectivity index (χ0n) is 14.0. The molecule has 0 radical (unpaired) electrons. The smallest absolute Gasteiger partial charge is 0.410 e. The fourth-order valence-electron chi connectivity index (χ4n) is 2.75. The number of hydrogen-bond acceptors (Lipinski definition) is 2. The van der Waals surface area contributed by atoms with E-state index in [4.69, 9.17) is 4.74 Å². The number of piperidine rings is 1. The Hall–Kier alpha value is -0.250. The van der Waals surface area contributed by atoms with Crippen molar-refractivity contribution in [2.75, 3.05) is 11.9 Å². The number of nitrogens with zero attached hydrogens (tertiary/aromatic N) is 1. The quantitative estimate of drug-likeness (QED) is 0.669. The fourth-order valence-corrected chi connectivity index (χ4v) is 3.12. The number of alkyl halides is 1. The minimum Gasteiger partial charge on any atom is -0.444 e. The van der Waals surface area contributed by atoms with Crippen molar-refractivity contribution in [3.05, 3.63) is 0 Å². The van der Waals surface area contributed by atoms with Crippen molar-refractivity contribution < 1.29 is 9.53 Å². The lowest BCUT2D eigenvalue weighted by molar-refractivity contribution is -0.0277. The Morgan fingerprint density at radius 3 is 2.30 bits per heavy atom. The van der Waals surface area contributed by atoms with Gasteiger partial charge in [-0.05, 0) is 44.4 Å². The van der Waals surface area contributed by atoms with Crippen LogP contribution in [-0.4, -0.2) is 34.5 Å². The van der Waals surface area contributed by atoms with Crippen molar-refractivity contribution in [3.8, 4) is 0 Å². The first kappa shape index (κ1) is 17.8. The van der Waals surface area contributed by atoms with Gasteiger partial charge in [-0.15, -0.1) is 0 Å². The molecule has 1 amide bonds. The van der Waals surface area contributed by atoms with Gasteiger partial charge in [0, 0.05) is 17.9 Å². The van der Waals surface area contributed by atoms with E-state index in [1.54, 1.807) is 0 Å². The molecule has 0 aromatic rings. The number of halogens is 1. The molecule has 0 spiro atoms. The fraction of sp³-hybridized carbons (Fsp3) is 0.938. The summed E-state index contributed by atoms with van der Waals surface area (Å²) in [5.74, 6) is 0. The molecular weight excluding hydrogens is 318 g/mol. The van der Waals surface area contributed by atoms with Gasteiger partial charge in [0.15, 0.2) is 0 Å². The predicted molar refractivity (Wildman–Crippen MR) is 87.3 cm³/mol. The minimum absolute atomic E-state index is 0.0490. The normalized spacial score (nSPS) is 23.6. The van der Waals surface area contributed by atoms with Crippen LogP contribution in [0, 0.1) is 10.8 Å². The second-order valence-corrected chi connectivity index (χ2v) is 9.01. The monoisotopic (exact) mass is 347 g/mol. The topological polar surface area (TPSA) is 29.5 Å². The van der Waals surface area contributed by atoms with Crippen LogP contribution in [0.3, 0.4) is 0 Å². The van der Waals surface area contributed by atoms with Gasteiger partial charge in [0.1, 0.15) is 5.60 Å². The summed E-state index contributed by atoms with van der Waals surface area (Å²) in [6, 6.07) is 0.227. The van der Waals surface area contributed by atoms with Crippen molar-refractivity contribution in [1.82, 2.24) is 4.90 Å². The molecule has 4 heteroatoms. The van der Waals surface area contributed by atoms with E-state index in [9.17, 15) is 4.79 Å². The van der Waals surface area contributed by atoms with Gasteiger partial charge in [-0.1, -0.05) is 43.6 Å². The Morgan fingerprint density at radius 2 is 1.85 bits per heavy atom. The molecule has 1 fully saturated rings. The molecule has 1 rings (SSSR count). The predicted octanol–water partition coefficient (Wildman–Crippen LogP) is 4.83. The highest BCUT2D eigenvalue weighted by atomic mass is 79.9. The van der Waals surface area contributed by atoms with Crippen LogP contribution in [0.5, 0.6) is 0 Å². The summed E-state index contributed by atoms with van der Waals surface area (Å²) in [4.78, 5) is 14.5. The van der Waals surface area contributed by atoms with Gasteiger partial charge in [0.25, 0.3) is 0 Å². The number of rotatable bonds is 2. The van der Waals surface area contributed by atoms with E-state index in [-0.39, 0.29) is 23.0 Å². The number of ether oxygens (including phenoxy) is 1. The van der Waals surface area contributed by atoms with Gasteiger partial charge in [0.2, 0.25) is 0 Å². The average molecular weight is 348 g/mol. The van der Waals surface area contributed by atoms with Gasteiger partial charge in [-0.25, -0.2) is 4.79 Å². The summed E-state index contributed by atoms with van der Waals surface area (Å²) in [7, 11) is 0. The SMILES string of the molecule is CC1(C)CCC(C(C)(C)CBr)N(C(=O)OC(C)(C)C)C1. The van der Waals surface area contributed by atoms with Gasteiger partial charge < -0.3 is 9.64 Å². The Kier molecular flexibility index (Phi) is 5.22. The van der Waals surface area contributed by atoms with Gasteiger partial charge in [0.05, 0.1) is 0 Å². The molecule has 0 aliphatic carbocycles. The van der Waals surface area contributed by atoms with Gasteiger partial charge >= 0.3 is 6.09 Å². The first-order chi connectivity index (χ1) is 8.88. The van der Waals surface area contributed by atoms with Crippen LogP contribution < -0.4 is 0 Å². The average Bonchev–Trinajstić information content (AvgIpc) is 2.25. The summed E-state index contributed by atoms with van der Waals surface area (Å²) >= 11 is 3.59. The molecular formula is C16H30BrNO2. The van der Waals surface area contributed by atoms with Crippen molar-refractivity contribution in [2.24, 2.45) is 10.8 Å². The largest absolute Gasteiger partial charge is 0.444 e. The number of carbonyl (C=O) groups is 1. The Balaban J connectivity index is 2.97. The summed E-state index contributed by atoms with van der Waals surface area (Å²) < 4.78 is 5.61. The number of hydrogen-bond donors (Lipinski definition) is 0. The maximum Gasteiger partial charge on any atom is 0.410 e.